The van der Waals surface area contributed by atoms with Crippen LogP contribution in [-0.4, -0.2) is 39.7 Å². The number of amides is 1. The van der Waals surface area contributed by atoms with Gasteiger partial charge in [0.2, 0.25) is 0 Å². The molecule has 0 bridgehead atoms. The number of rotatable bonds is 7. The second-order valence-electron chi connectivity index (χ2n) is 7.17. The second kappa shape index (κ2) is 7.30. The number of aromatic hydroxyl groups is 1. The zero-order valence-corrected chi connectivity index (χ0v) is 15.1. The molecule has 1 fully saturated rings. The van der Waals surface area contributed by atoms with Crippen molar-refractivity contribution in [2.45, 2.75) is 32.7 Å². The van der Waals surface area contributed by atoms with Gasteiger partial charge in [-0.3, -0.25) is 9.59 Å². The second-order valence-corrected chi connectivity index (χ2v) is 7.17. The summed E-state index contributed by atoms with van der Waals surface area (Å²) < 4.78 is 5.65. The van der Waals surface area contributed by atoms with Gasteiger partial charge in [-0.15, -0.1) is 0 Å². The number of carboxylic acids is 1. The molecule has 1 heterocycles. The number of carbonyl (C=O) groups is 2. The molecule has 1 saturated carbocycles. The Morgan fingerprint density at radius 3 is 2.63 bits per heavy atom. The number of aliphatic carboxylic acids is 1. The van der Waals surface area contributed by atoms with Crippen molar-refractivity contribution in [2.75, 3.05) is 6.61 Å². The molecule has 0 saturated heterocycles. The van der Waals surface area contributed by atoms with E-state index in [-0.39, 0.29) is 11.3 Å². The highest BCUT2D eigenvalue weighted by molar-refractivity contribution is 6.03. The van der Waals surface area contributed by atoms with Crippen LogP contribution in [0.5, 0.6) is 11.5 Å². The summed E-state index contributed by atoms with van der Waals surface area (Å²) in [5.74, 6) is -1.90. The molecular weight excluding hydrogens is 352 g/mol. The molecule has 1 atom stereocenters. The zero-order chi connectivity index (χ0) is 19.7. The van der Waals surface area contributed by atoms with Gasteiger partial charge in [0, 0.05) is 11.5 Å². The van der Waals surface area contributed by atoms with Gasteiger partial charge < -0.3 is 25.3 Å². The normalized spacial score (nSPS) is 14.9. The number of hydrogen-bond donors (Lipinski definition) is 4. The molecule has 2 aromatic rings. The molecule has 0 radical (unpaired) electrons. The molecule has 0 aliphatic heterocycles. The van der Waals surface area contributed by atoms with E-state index in [1.165, 1.54) is 0 Å². The molecule has 0 spiro atoms. The van der Waals surface area contributed by atoms with E-state index in [1.807, 2.05) is 0 Å². The highest BCUT2D eigenvalue weighted by atomic mass is 16.5. The number of nitrogens with one attached hydrogen (secondary N) is 2. The maximum Gasteiger partial charge on any atom is 0.326 e. The molecule has 144 valence electrons. The van der Waals surface area contributed by atoms with E-state index in [2.05, 4.69) is 10.3 Å². The smallest absolute Gasteiger partial charge is 0.326 e. The van der Waals surface area contributed by atoms with E-state index < -0.39 is 34.8 Å². The van der Waals surface area contributed by atoms with Crippen molar-refractivity contribution in [3.8, 4) is 11.5 Å². The Hall–Kier alpha value is -3.03. The minimum atomic E-state index is -1.22. The lowest BCUT2D eigenvalue weighted by Gasteiger charge is -2.18. The highest BCUT2D eigenvalue weighted by Gasteiger charge is 2.27. The van der Waals surface area contributed by atoms with Crippen molar-refractivity contribution >= 4 is 22.8 Å². The van der Waals surface area contributed by atoms with Crippen molar-refractivity contribution in [1.82, 2.24) is 10.3 Å². The van der Waals surface area contributed by atoms with Crippen LogP contribution in [0, 0.1) is 11.8 Å². The van der Waals surface area contributed by atoms with E-state index in [9.17, 15) is 24.6 Å². The van der Waals surface area contributed by atoms with Gasteiger partial charge in [-0.2, -0.15) is 0 Å². The van der Waals surface area contributed by atoms with Crippen LogP contribution in [0.3, 0.4) is 0 Å². The Bertz CT molecular complexity index is 945. The molecule has 8 nitrogen and oxygen atoms in total. The number of H-pyrrole nitrogens is 1. The maximum absolute atomic E-state index is 12.4. The lowest BCUT2D eigenvalue weighted by Crippen LogP contribution is -2.45. The van der Waals surface area contributed by atoms with Crippen LogP contribution < -0.4 is 15.6 Å². The van der Waals surface area contributed by atoms with Gasteiger partial charge in [0.25, 0.3) is 11.5 Å². The average Bonchev–Trinajstić information content (AvgIpc) is 3.41. The van der Waals surface area contributed by atoms with Gasteiger partial charge >= 0.3 is 5.97 Å². The number of carboxylic acid groups (broad SMARTS) is 1. The summed E-state index contributed by atoms with van der Waals surface area (Å²) in [4.78, 5) is 38.6. The summed E-state index contributed by atoms with van der Waals surface area (Å²) in [6.45, 7) is 3.87. The number of aromatic amines is 1. The lowest BCUT2D eigenvalue weighted by atomic mass is 10.0. The minimum absolute atomic E-state index is 0.273. The first-order valence-corrected chi connectivity index (χ1v) is 8.83. The predicted octanol–water partition coefficient (Wildman–Crippen LogP) is 1.86. The number of fused-ring (bicyclic) bond motifs is 1. The Balaban J connectivity index is 1.91. The van der Waals surface area contributed by atoms with Crippen LogP contribution in [0.2, 0.25) is 0 Å². The standard InChI is InChI=1S/C19H22N2O6/c1-9(2)15(19(25)26)21-18(24)14-16(22)12-6-5-11(27-8-10-3-4-10)7-13(12)20-17(14)23/h5-7,9-10,15H,3-4,8H2,1-2H3,(H,21,24)(H,25,26)(H2,20,22,23)/t15-/m0/s1. The molecule has 8 heteroatoms. The van der Waals surface area contributed by atoms with Crippen molar-refractivity contribution < 1.29 is 24.5 Å². The van der Waals surface area contributed by atoms with Crippen LogP contribution in [0.15, 0.2) is 23.0 Å². The highest BCUT2D eigenvalue weighted by Crippen LogP contribution is 2.31. The van der Waals surface area contributed by atoms with Crippen LogP contribution >= 0.6 is 0 Å². The summed E-state index contributed by atoms with van der Waals surface area (Å²) in [5, 5.41) is 22.2. The Morgan fingerprint density at radius 1 is 1.33 bits per heavy atom. The van der Waals surface area contributed by atoms with E-state index in [0.29, 0.717) is 23.8 Å². The Kier molecular flexibility index (Phi) is 5.07. The fraction of sp³-hybridized carbons (Fsp3) is 0.421. The summed E-state index contributed by atoms with van der Waals surface area (Å²) in [6.07, 6.45) is 2.30. The first-order chi connectivity index (χ1) is 12.8. The molecule has 3 rings (SSSR count). The summed E-state index contributed by atoms with van der Waals surface area (Å²) in [5.41, 5.74) is -0.980. The first kappa shape index (κ1) is 18.8. The van der Waals surface area contributed by atoms with Crippen molar-refractivity contribution in [2.24, 2.45) is 11.8 Å². The molecule has 0 unspecified atom stereocenters. The number of carbonyl (C=O) groups excluding carboxylic acids is 1. The molecular formula is C19H22N2O6. The van der Waals surface area contributed by atoms with Gasteiger partial charge in [0.05, 0.1) is 12.1 Å². The molecule has 1 aromatic carbocycles. The van der Waals surface area contributed by atoms with E-state index in [4.69, 9.17) is 4.74 Å². The number of aromatic nitrogens is 1. The molecule has 1 aliphatic carbocycles. The van der Waals surface area contributed by atoms with Gasteiger partial charge in [-0.1, -0.05) is 13.8 Å². The monoisotopic (exact) mass is 374 g/mol. The number of ether oxygens (including phenoxy) is 1. The molecule has 1 amide bonds. The SMILES string of the molecule is CC(C)[C@H](NC(=O)c1c(O)c2ccc(OCC3CC3)cc2[nH]c1=O)C(=O)O. The summed E-state index contributed by atoms with van der Waals surface area (Å²) in [6, 6.07) is 3.62. The molecule has 27 heavy (non-hydrogen) atoms. The fourth-order valence-corrected chi connectivity index (χ4v) is 2.79. The number of pyridine rings is 1. The van der Waals surface area contributed by atoms with E-state index in [0.717, 1.165) is 12.8 Å². The van der Waals surface area contributed by atoms with Crippen LogP contribution in [0.4, 0.5) is 0 Å². The van der Waals surface area contributed by atoms with Crippen molar-refractivity contribution in [3.63, 3.8) is 0 Å². The van der Waals surface area contributed by atoms with Gasteiger partial charge in [-0.05, 0) is 36.8 Å². The van der Waals surface area contributed by atoms with Crippen molar-refractivity contribution in [3.05, 3.63) is 34.1 Å². The molecule has 1 aliphatic rings. The van der Waals surface area contributed by atoms with Crippen molar-refractivity contribution in [1.29, 1.82) is 0 Å². The average molecular weight is 374 g/mol. The van der Waals surface area contributed by atoms with Gasteiger partial charge in [0.15, 0.2) is 0 Å². The largest absolute Gasteiger partial charge is 0.506 e. The summed E-state index contributed by atoms with van der Waals surface area (Å²) >= 11 is 0. The third kappa shape index (κ3) is 4.05. The molecule has 4 N–H and O–H groups in total. The van der Waals surface area contributed by atoms with Gasteiger partial charge in [0.1, 0.15) is 23.1 Å². The van der Waals surface area contributed by atoms with E-state index >= 15 is 0 Å². The topological polar surface area (TPSA) is 129 Å². The maximum atomic E-state index is 12.4. The fourth-order valence-electron chi connectivity index (χ4n) is 2.79. The van der Waals surface area contributed by atoms with Gasteiger partial charge in [-0.25, -0.2) is 4.79 Å². The predicted molar refractivity (Wildman–Crippen MR) is 98.2 cm³/mol. The summed E-state index contributed by atoms with van der Waals surface area (Å²) in [7, 11) is 0. The number of benzene rings is 1. The number of hydrogen-bond acceptors (Lipinski definition) is 5. The first-order valence-electron chi connectivity index (χ1n) is 8.83. The van der Waals surface area contributed by atoms with Crippen LogP contribution in [-0.2, 0) is 4.79 Å². The van der Waals surface area contributed by atoms with Crippen LogP contribution in [0.25, 0.3) is 10.9 Å². The Morgan fingerprint density at radius 2 is 2.04 bits per heavy atom. The minimum Gasteiger partial charge on any atom is -0.506 e. The molecule has 1 aromatic heterocycles. The zero-order valence-electron chi connectivity index (χ0n) is 15.1. The lowest BCUT2D eigenvalue weighted by molar-refractivity contribution is -0.140. The third-order valence-corrected chi connectivity index (χ3v) is 4.59. The quantitative estimate of drug-likeness (QED) is 0.585. The van der Waals surface area contributed by atoms with E-state index in [1.54, 1.807) is 32.0 Å². The van der Waals surface area contributed by atoms with Crippen LogP contribution in [0.1, 0.15) is 37.0 Å². The Labute approximate surface area is 155 Å². The third-order valence-electron chi connectivity index (χ3n) is 4.59.